The molecule has 0 radical (unpaired) electrons. The van der Waals surface area contributed by atoms with Gasteiger partial charge in [0.25, 0.3) is 0 Å². The molecule has 1 atom stereocenters. The monoisotopic (exact) mass is 465 g/mol. The number of aldehydes is 1. The van der Waals surface area contributed by atoms with Gasteiger partial charge in [-0.05, 0) is 41.3 Å². The van der Waals surface area contributed by atoms with E-state index in [0.29, 0.717) is 23.6 Å². The predicted molar refractivity (Wildman–Crippen MR) is 135 cm³/mol. The molecule has 2 heterocycles. The van der Waals surface area contributed by atoms with Crippen molar-refractivity contribution >= 4 is 18.0 Å². The van der Waals surface area contributed by atoms with Crippen molar-refractivity contribution in [2.24, 2.45) is 0 Å². The van der Waals surface area contributed by atoms with Crippen molar-refractivity contribution in [3.63, 3.8) is 0 Å². The molecule has 1 amide bonds. The van der Waals surface area contributed by atoms with Gasteiger partial charge in [-0.1, -0.05) is 39.8 Å². The lowest BCUT2D eigenvalue weighted by Gasteiger charge is -2.20. The van der Waals surface area contributed by atoms with Gasteiger partial charge in [-0.3, -0.25) is 9.59 Å². The number of methoxy groups -OCH3 is 1. The van der Waals surface area contributed by atoms with Crippen molar-refractivity contribution in [3.8, 4) is 5.75 Å². The minimum Gasteiger partial charge on any atom is -0.619 e. The average molecular weight is 466 g/mol. The molecule has 2 aromatic heterocycles. The first-order chi connectivity index (χ1) is 16.4. The van der Waals surface area contributed by atoms with Crippen LogP contribution in [0.2, 0.25) is 0 Å². The molecule has 34 heavy (non-hydrogen) atoms. The Hall–Kier alpha value is -3.74. The highest BCUT2D eigenvalue weighted by atomic mass is 16.5. The number of hydrogen-bond donors (Lipinski definition) is 0. The second-order valence-electron chi connectivity index (χ2n) is 6.97. The molecule has 3 aromatic rings. The molecule has 7 nitrogen and oxygen atoms in total. The zero-order valence-electron chi connectivity index (χ0n) is 21.1. The molecule has 0 N–H and O–H groups in total. The maximum atomic E-state index is 11.6. The summed E-state index contributed by atoms with van der Waals surface area (Å²) >= 11 is 0. The Bertz CT molecular complexity index is 1030. The zero-order valence-corrected chi connectivity index (χ0v) is 21.1. The van der Waals surface area contributed by atoms with Crippen LogP contribution in [0, 0.1) is 5.21 Å². The van der Waals surface area contributed by atoms with Crippen LogP contribution in [0.3, 0.4) is 0 Å². The van der Waals surface area contributed by atoms with E-state index in [1.165, 1.54) is 31.3 Å². The maximum absolute atomic E-state index is 11.6. The molecule has 3 rings (SSSR count). The van der Waals surface area contributed by atoms with Crippen LogP contribution in [-0.4, -0.2) is 31.3 Å². The highest BCUT2D eigenvalue weighted by Crippen LogP contribution is 2.32. The maximum Gasteiger partial charge on any atom is 0.224 e. The summed E-state index contributed by atoms with van der Waals surface area (Å²) in [5.74, 6) is 0.868. The first kappa shape index (κ1) is 28.3. The highest BCUT2D eigenvalue weighted by molar-refractivity contribution is 5.89. The summed E-state index contributed by atoms with van der Waals surface area (Å²) in [5, 5.41) is 11.4. The van der Waals surface area contributed by atoms with E-state index in [1.54, 1.807) is 37.5 Å². The highest BCUT2D eigenvalue weighted by Gasteiger charge is 2.19. The van der Waals surface area contributed by atoms with Crippen LogP contribution in [-0.2, 0) is 11.2 Å². The van der Waals surface area contributed by atoms with Gasteiger partial charge in [-0.2, -0.15) is 4.73 Å². The van der Waals surface area contributed by atoms with Crippen molar-refractivity contribution < 1.29 is 19.1 Å². The molecule has 0 aliphatic carbocycles. The molecule has 0 aliphatic rings. The van der Waals surface area contributed by atoms with Crippen LogP contribution < -0.4 is 14.4 Å². The molecular weight excluding hydrogens is 430 g/mol. The summed E-state index contributed by atoms with van der Waals surface area (Å²) in [4.78, 5) is 28.8. The Morgan fingerprint density at radius 2 is 1.71 bits per heavy atom. The quantitative estimate of drug-likeness (QED) is 0.280. The van der Waals surface area contributed by atoms with E-state index < -0.39 is 0 Å². The van der Waals surface area contributed by atoms with Gasteiger partial charge in [0, 0.05) is 38.2 Å². The lowest BCUT2D eigenvalue weighted by atomic mass is 9.86. The molecule has 0 bridgehead atoms. The van der Waals surface area contributed by atoms with Gasteiger partial charge in [0.05, 0.1) is 12.7 Å². The number of pyridine rings is 2. The number of carbonyl (C=O) groups excluding carboxylic acids is 2. The Morgan fingerprint density at radius 3 is 2.21 bits per heavy atom. The van der Waals surface area contributed by atoms with Gasteiger partial charge in [0.15, 0.2) is 18.7 Å². The van der Waals surface area contributed by atoms with Gasteiger partial charge in [0.2, 0.25) is 5.91 Å². The first-order valence-electron chi connectivity index (χ1n) is 11.4. The van der Waals surface area contributed by atoms with Crippen molar-refractivity contribution in [2.75, 3.05) is 19.1 Å². The smallest absolute Gasteiger partial charge is 0.224 e. The molecule has 182 valence electrons. The minimum atomic E-state index is -0.101. The van der Waals surface area contributed by atoms with Gasteiger partial charge < -0.3 is 14.8 Å². The van der Waals surface area contributed by atoms with E-state index in [-0.39, 0.29) is 11.8 Å². The second-order valence-corrected chi connectivity index (χ2v) is 6.97. The van der Waals surface area contributed by atoms with E-state index in [0.717, 1.165) is 27.7 Å². The fourth-order valence-corrected chi connectivity index (χ4v) is 3.25. The molecule has 1 aromatic carbocycles. The summed E-state index contributed by atoms with van der Waals surface area (Å²) in [6, 6.07) is 12.8. The van der Waals surface area contributed by atoms with Gasteiger partial charge in [0.1, 0.15) is 11.6 Å². The third-order valence-corrected chi connectivity index (χ3v) is 5.09. The molecule has 0 fully saturated rings. The van der Waals surface area contributed by atoms with Gasteiger partial charge in [-0.15, -0.1) is 0 Å². The van der Waals surface area contributed by atoms with E-state index >= 15 is 0 Å². The van der Waals surface area contributed by atoms with Crippen molar-refractivity contribution in [1.82, 2.24) is 4.98 Å². The third kappa shape index (κ3) is 7.40. The van der Waals surface area contributed by atoms with Crippen LogP contribution in [0.5, 0.6) is 5.75 Å². The van der Waals surface area contributed by atoms with Crippen LogP contribution in [0.15, 0.2) is 61.1 Å². The van der Waals surface area contributed by atoms with Crippen LogP contribution >= 0.6 is 0 Å². The Labute approximate surface area is 202 Å². The molecular formula is C27H35N3O4. The number of anilines is 1. The lowest BCUT2D eigenvalue weighted by molar-refractivity contribution is -0.605. The van der Waals surface area contributed by atoms with Crippen LogP contribution in [0.25, 0.3) is 0 Å². The molecule has 0 saturated heterocycles. The SMILES string of the molecule is CC.CC.COc1cc(C(Cc2cc[n+]([O-])cc2)c2ccc(N(C)C(C)=O)nc2)ccc1C=O. The fraction of sp³-hybridized carbons (Fsp3) is 0.333. The van der Waals surface area contributed by atoms with Crippen LogP contribution in [0.4, 0.5) is 5.82 Å². The van der Waals surface area contributed by atoms with E-state index in [1.807, 2.05) is 45.9 Å². The number of rotatable bonds is 7. The Balaban J connectivity index is 0.00000137. The largest absolute Gasteiger partial charge is 0.619 e. The molecule has 0 aliphatic heterocycles. The molecule has 7 heteroatoms. The van der Waals surface area contributed by atoms with E-state index in [4.69, 9.17) is 4.74 Å². The number of benzene rings is 1. The van der Waals surface area contributed by atoms with Crippen LogP contribution in [0.1, 0.15) is 67.6 Å². The summed E-state index contributed by atoms with van der Waals surface area (Å²) in [6.45, 7) is 9.48. The zero-order chi connectivity index (χ0) is 25.7. The molecule has 1 unspecified atom stereocenters. The number of nitrogens with zero attached hydrogens (tertiary/aromatic N) is 3. The minimum absolute atomic E-state index is 0.0914. The summed E-state index contributed by atoms with van der Waals surface area (Å²) in [6.07, 6.45) is 6.05. The Kier molecular flexibility index (Phi) is 12.0. The molecule has 0 spiro atoms. The topological polar surface area (TPSA) is 86.4 Å². The molecule has 0 saturated carbocycles. The first-order valence-corrected chi connectivity index (χ1v) is 11.4. The summed E-state index contributed by atoms with van der Waals surface area (Å²) in [7, 11) is 3.20. The van der Waals surface area contributed by atoms with Crippen molar-refractivity contribution in [1.29, 1.82) is 0 Å². The van der Waals surface area contributed by atoms with Gasteiger partial charge >= 0.3 is 0 Å². The van der Waals surface area contributed by atoms with Crippen molar-refractivity contribution in [3.05, 3.63) is 88.5 Å². The van der Waals surface area contributed by atoms with E-state index in [2.05, 4.69) is 4.98 Å². The summed E-state index contributed by atoms with van der Waals surface area (Å²) in [5.41, 5.74) is 3.35. The third-order valence-electron chi connectivity index (χ3n) is 5.09. The van der Waals surface area contributed by atoms with Crippen molar-refractivity contribution in [2.45, 2.75) is 47.0 Å². The Morgan fingerprint density at radius 1 is 1.09 bits per heavy atom. The van der Waals surface area contributed by atoms with E-state index in [9.17, 15) is 14.8 Å². The number of aromatic nitrogens is 2. The number of carbonyl (C=O) groups is 2. The summed E-state index contributed by atoms with van der Waals surface area (Å²) < 4.78 is 6.11. The van der Waals surface area contributed by atoms with Gasteiger partial charge in [-0.25, -0.2) is 4.98 Å². The average Bonchev–Trinajstić information content (AvgIpc) is 2.90. The number of amides is 1. The number of hydrogen-bond acceptors (Lipinski definition) is 5. The predicted octanol–water partition coefficient (Wildman–Crippen LogP) is 4.95. The lowest BCUT2D eigenvalue weighted by Crippen LogP contribution is -2.24. The standard InChI is InChI=1S/C23H23N3O4.2C2H6/c1-16(28)25(2)23-7-6-19(14-24-23)21(12-17-8-10-26(29)11-9-17)18-4-5-20(15-27)22(13-18)30-3;2*1-2/h4-11,13-15,21H,12H2,1-3H3;2*1-2H3. The second kappa shape index (κ2) is 14.4. The fourth-order valence-electron chi connectivity index (χ4n) is 3.25. The number of ether oxygens (including phenoxy) is 1. The normalized spacial score (nSPS) is 10.6.